The second kappa shape index (κ2) is 10.1. The number of anilines is 2. The molecule has 1 aromatic carbocycles. The van der Waals surface area contributed by atoms with Gasteiger partial charge < -0.3 is 15.0 Å². The molecule has 4 rings (SSSR count). The molecule has 1 aliphatic rings. The summed E-state index contributed by atoms with van der Waals surface area (Å²) < 4.78 is 22.6. The molecule has 0 radical (unpaired) electrons. The average Bonchev–Trinajstić information content (AvgIpc) is 3.35. The summed E-state index contributed by atoms with van der Waals surface area (Å²) in [6.45, 7) is 4.94. The minimum absolute atomic E-state index is 0.132. The van der Waals surface area contributed by atoms with Gasteiger partial charge in [0.15, 0.2) is 11.6 Å². The van der Waals surface area contributed by atoms with Crippen LogP contribution in [0.15, 0.2) is 49.1 Å². The second-order valence-electron chi connectivity index (χ2n) is 8.55. The van der Waals surface area contributed by atoms with Crippen LogP contribution in [0.25, 0.3) is 5.69 Å². The Morgan fingerprint density at radius 3 is 2.66 bits per heavy atom. The van der Waals surface area contributed by atoms with Gasteiger partial charge >= 0.3 is 0 Å². The third-order valence-corrected chi connectivity index (χ3v) is 6.22. The Balaban J connectivity index is 1.43. The van der Waals surface area contributed by atoms with Crippen LogP contribution in [0, 0.1) is 11.2 Å². The first-order chi connectivity index (χ1) is 15.6. The highest BCUT2D eigenvalue weighted by atomic mass is 19.1. The third-order valence-electron chi connectivity index (χ3n) is 6.22. The van der Waals surface area contributed by atoms with Crippen molar-refractivity contribution in [2.24, 2.45) is 5.41 Å². The van der Waals surface area contributed by atoms with E-state index in [-0.39, 0.29) is 17.1 Å². The number of nitrogens with zero attached hydrogens (tertiary/aromatic N) is 5. The quantitative estimate of drug-likeness (QED) is 0.533. The summed E-state index contributed by atoms with van der Waals surface area (Å²) in [6, 6.07) is 9.93. The van der Waals surface area contributed by atoms with Crippen molar-refractivity contribution in [3.05, 3.63) is 60.4 Å². The van der Waals surface area contributed by atoms with Gasteiger partial charge in [0.05, 0.1) is 5.69 Å². The topological polar surface area (TPSA) is 68.1 Å². The van der Waals surface area contributed by atoms with E-state index in [1.807, 2.05) is 43.6 Å². The first-order valence-electron chi connectivity index (χ1n) is 11.2. The maximum atomic E-state index is 15.3. The van der Waals surface area contributed by atoms with Crippen LogP contribution >= 0.6 is 0 Å². The van der Waals surface area contributed by atoms with Gasteiger partial charge in [-0.1, -0.05) is 25.5 Å². The molecule has 32 heavy (non-hydrogen) atoms. The van der Waals surface area contributed by atoms with E-state index in [9.17, 15) is 0 Å². The highest BCUT2D eigenvalue weighted by Gasteiger charge is 2.32. The molecule has 0 atom stereocenters. The smallest absolute Gasteiger partial charge is 0.207 e. The van der Waals surface area contributed by atoms with Crippen LogP contribution in [0.1, 0.15) is 38.2 Å². The number of halogens is 1. The SMILES string of the molecule is CCCC1(CNc2ncnc(N(C)Cc3ccc(-n4cccn4)cc3)c2F)CCOCC1. The molecule has 7 nitrogen and oxygen atoms in total. The molecule has 1 saturated heterocycles. The number of nitrogens with one attached hydrogen (secondary N) is 1. The summed E-state index contributed by atoms with van der Waals surface area (Å²) in [5, 5.41) is 7.51. The lowest BCUT2D eigenvalue weighted by Gasteiger charge is -2.37. The van der Waals surface area contributed by atoms with Gasteiger partial charge in [-0.15, -0.1) is 0 Å². The van der Waals surface area contributed by atoms with Crippen LogP contribution in [0.5, 0.6) is 0 Å². The molecule has 0 aliphatic carbocycles. The largest absolute Gasteiger partial charge is 0.381 e. The van der Waals surface area contributed by atoms with Gasteiger partial charge in [-0.05, 0) is 48.4 Å². The van der Waals surface area contributed by atoms with E-state index in [1.54, 1.807) is 15.8 Å². The zero-order valence-electron chi connectivity index (χ0n) is 18.8. The standard InChI is InChI=1S/C24H31FN6O/c1-3-9-24(10-14-32-15-11-24)17-26-22-21(25)23(28-18-27-22)30(2)16-19-5-7-20(8-6-19)31-13-4-12-29-31/h4-8,12-13,18H,3,9-11,14-17H2,1-2H3,(H,26,27,28). The zero-order valence-corrected chi connectivity index (χ0v) is 18.8. The maximum Gasteiger partial charge on any atom is 0.207 e. The van der Waals surface area contributed by atoms with E-state index in [0.29, 0.717) is 13.1 Å². The Kier molecular flexibility index (Phi) is 6.99. The first kappa shape index (κ1) is 22.2. The molecule has 3 aromatic rings. The lowest BCUT2D eigenvalue weighted by Crippen LogP contribution is -2.36. The predicted octanol–water partition coefficient (Wildman–Crippen LogP) is 4.45. The van der Waals surface area contributed by atoms with Gasteiger partial charge in [0.2, 0.25) is 5.82 Å². The van der Waals surface area contributed by atoms with E-state index < -0.39 is 5.82 Å². The van der Waals surface area contributed by atoms with E-state index >= 15 is 4.39 Å². The molecule has 0 amide bonds. The lowest BCUT2D eigenvalue weighted by atomic mass is 9.76. The van der Waals surface area contributed by atoms with Crippen molar-refractivity contribution in [3.8, 4) is 5.69 Å². The molecule has 8 heteroatoms. The lowest BCUT2D eigenvalue weighted by molar-refractivity contribution is 0.0164. The molecule has 1 fully saturated rings. The Bertz CT molecular complexity index is 981. The van der Waals surface area contributed by atoms with Crippen molar-refractivity contribution < 1.29 is 9.13 Å². The van der Waals surface area contributed by atoms with Crippen molar-refractivity contribution >= 4 is 11.6 Å². The summed E-state index contributed by atoms with van der Waals surface area (Å²) in [5.41, 5.74) is 2.17. The number of rotatable bonds is 9. The van der Waals surface area contributed by atoms with E-state index in [4.69, 9.17) is 4.74 Å². The molecular weight excluding hydrogens is 407 g/mol. The van der Waals surface area contributed by atoms with E-state index in [1.165, 1.54) is 6.33 Å². The molecule has 0 spiro atoms. The van der Waals surface area contributed by atoms with Crippen LogP contribution in [-0.2, 0) is 11.3 Å². The molecule has 2 aromatic heterocycles. The molecule has 1 N–H and O–H groups in total. The fourth-order valence-electron chi connectivity index (χ4n) is 4.40. The first-order valence-corrected chi connectivity index (χ1v) is 11.2. The van der Waals surface area contributed by atoms with Gasteiger partial charge in [0, 0.05) is 45.7 Å². The van der Waals surface area contributed by atoms with Crippen LogP contribution in [0.4, 0.5) is 16.0 Å². The van der Waals surface area contributed by atoms with Crippen LogP contribution in [0.2, 0.25) is 0 Å². The average molecular weight is 439 g/mol. The fraction of sp³-hybridized carbons (Fsp3) is 0.458. The summed E-state index contributed by atoms with van der Waals surface area (Å²) in [7, 11) is 1.84. The summed E-state index contributed by atoms with van der Waals surface area (Å²) in [5.74, 6) is 0.134. The maximum absolute atomic E-state index is 15.3. The monoisotopic (exact) mass is 438 g/mol. The van der Waals surface area contributed by atoms with Gasteiger partial charge in [-0.2, -0.15) is 9.49 Å². The van der Waals surface area contributed by atoms with Crippen LogP contribution in [-0.4, -0.2) is 46.6 Å². The molecule has 3 heterocycles. The highest BCUT2D eigenvalue weighted by molar-refractivity contribution is 5.51. The number of benzene rings is 1. The molecular formula is C24H31FN6O. The number of aromatic nitrogens is 4. The Morgan fingerprint density at radius 2 is 1.97 bits per heavy atom. The fourth-order valence-corrected chi connectivity index (χ4v) is 4.40. The van der Waals surface area contributed by atoms with Crippen molar-refractivity contribution in [3.63, 3.8) is 0 Å². The Labute approximate surface area is 188 Å². The molecule has 170 valence electrons. The zero-order chi connectivity index (χ0) is 22.4. The Morgan fingerprint density at radius 1 is 1.19 bits per heavy atom. The van der Waals surface area contributed by atoms with Crippen molar-refractivity contribution in [2.75, 3.05) is 37.0 Å². The van der Waals surface area contributed by atoms with Crippen molar-refractivity contribution in [2.45, 2.75) is 39.2 Å². The molecule has 0 bridgehead atoms. The van der Waals surface area contributed by atoms with Crippen molar-refractivity contribution in [1.29, 1.82) is 0 Å². The minimum atomic E-state index is -0.415. The van der Waals surface area contributed by atoms with Gasteiger partial charge in [-0.3, -0.25) is 0 Å². The molecule has 0 saturated carbocycles. The second-order valence-corrected chi connectivity index (χ2v) is 8.55. The molecule has 0 unspecified atom stereocenters. The summed E-state index contributed by atoms with van der Waals surface area (Å²) in [6.07, 6.45) is 9.24. The van der Waals surface area contributed by atoms with Gasteiger partial charge in [0.25, 0.3) is 0 Å². The Hall–Kier alpha value is -3.00. The minimum Gasteiger partial charge on any atom is -0.381 e. The number of ether oxygens (including phenoxy) is 1. The van der Waals surface area contributed by atoms with Crippen LogP contribution < -0.4 is 10.2 Å². The summed E-state index contributed by atoms with van der Waals surface area (Å²) >= 11 is 0. The molecule has 1 aliphatic heterocycles. The number of hydrogen-bond acceptors (Lipinski definition) is 6. The summed E-state index contributed by atoms with van der Waals surface area (Å²) in [4.78, 5) is 10.2. The van der Waals surface area contributed by atoms with E-state index in [2.05, 4.69) is 27.3 Å². The number of hydrogen-bond donors (Lipinski definition) is 1. The van der Waals surface area contributed by atoms with E-state index in [0.717, 1.165) is 50.1 Å². The normalized spacial score (nSPS) is 15.5. The van der Waals surface area contributed by atoms with Crippen molar-refractivity contribution in [1.82, 2.24) is 19.7 Å². The van der Waals surface area contributed by atoms with Gasteiger partial charge in [0.1, 0.15) is 6.33 Å². The predicted molar refractivity (Wildman–Crippen MR) is 124 cm³/mol. The van der Waals surface area contributed by atoms with Gasteiger partial charge in [-0.25, -0.2) is 14.6 Å². The highest BCUT2D eigenvalue weighted by Crippen LogP contribution is 2.36. The van der Waals surface area contributed by atoms with Crippen LogP contribution in [0.3, 0.4) is 0 Å². The third kappa shape index (κ3) is 5.07.